The fourth-order valence-corrected chi connectivity index (χ4v) is 5.03. The molecule has 0 aliphatic rings. The molecule has 6 heteroatoms. The fourth-order valence-electron chi connectivity index (χ4n) is 4.67. The van der Waals surface area contributed by atoms with Crippen LogP contribution in [0, 0.1) is 6.92 Å². The number of carboxylic acids is 1. The van der Waals surface area contributed by atoms with E-state index in [0.29, 0.717) is 24.9 Å². The van der Waals surface area contributed by atoms with Gasteiger partial charge in [-0.05, 0) is 49.1 Å². The lowest BCUT2D eigenvalue weighted by Crippen LogP contribution is -2.39. The van der Waals surface area contributed by atoms with Crippen LogP contribution in [0.3, 0.4) is 0 Å². The Morgan fingerprint density at radius 2 is 1.67 bits per heavy atom. The molecule has 0 spiro atoms. The van der Waals surface area contributed by atoms with Gasteiger partial charge >= 0.3 is 5.97 Å². The number of nitrogens with zero attached hydrogens (tertiary/aromatic N) is 1. The third kappa shape index (κ3) is 5.65. The number of carboxylic acid groups (broad SMARTS) is 1. The van der Waals surface area contributed by atoms with E-state index < -0.39 is 11.4 Å². The first-order chi connectivity index (χ1) is 17.3. The number of amides is 1. The average Bonchev–Trinajstić information content (AvgIpc) is 2.88. The molecule has 0 bridgehead atoms. The van der Waals surface area contributed by atoms with Crippen molar-refractivity contribution in [2.75, 3.05) is 6.54 Å². The molecule has 3 aromatic carbocycles. The molecular formula is C30H29BrN2O3. The first-order valence-electron chi connectivity index (χ1n) is 12.0. The van der Waals surface area contributed by atoms with Crippen LogP contribution in [0.4, 0.5) is 0 Å². The first kappa shape index (κ1) is 25.6. The van der Waals surface area contributed by atoms with Crippen LogP contribution in [0.5, 0.6) is 0 Å². The number of carbonyl (C=O) groups excluding carboxylic acids is 1. The van der Waals surface area contributed by atoms with Crippen LogP contribution in [0.25, 0.3) is 22.2 Å². The molecule has 1 unspecified atom stereocenters. The Morgan fingerprint density at radius 3 is 2.33 bits per heavy atom. The Morgan fingerprint density at radius 1 is 1.00 bits per heavy atom. The molecule has 4 rings (SSSR count). The van der Waals surface area contributed by atoms with E-state index in [0.717, 1.165) is 37.8 Å². The van der Waals surface area contributed by atoms with E-state index in [-0.39, 0.29) is 12.3 Å². The van der Waals surface area contributed by atoms with Gasteiger partial charge in [-0.25, -0.2) is 4.98 Å². The molecule has 0 fully saturated rings. The normalized spacial score (nSPS) is 12.8. The number of pyridine rings is 1. The fraction of sp³-hybridized carbons (Fsp3) is 0.233. The van der Waals surface area contributed by atoms with Gasteiger partial charge in [-0.1, -0.05) is 83.5 Å². The lowest BCUT2D eigenvalue weighted by atomic mass is 9.78. The second kappa shape index (κ2) is 11.0. The number of hydrogen-bond acceptors (Lipinski definition) is 3. The standard InChI is InChI=1S/C30H29BrN2O3/c1-20-27(24-18-23(31)15-16-25(24)33-28(20)21-10-5-3-6-11-21)29(36)32-19-30(2,17-9-14-26(34)35)22-12-7-4-8-13-22/h3-8,10-13,15-16,18H,9,14,17,19H2,1-2H3,(H,32,36)(H,34,35). The molecule has 1 atom stereocenters. The topological polar surface area (TPSA) is 79.3 Å². The number of nitrogens with one attached hydrogen (secondary N) is 1. The highest BCUT2D eigenvalue weighted by Crippen LogP contribution is 2.33. The molecule has 1 heterocycles. The van der Waals surface area contributed by atoms with Gasteiger partial charge < -0.3 is 10.4 Å². The second-order valence-electron chi connectivity index (χ2n) is 9.34. The maximum Gasteiger partial charge on any atom is 0.303 e. The van der Waals surface area contributed by atoms with Crippen molar-refractivity contribution < 1.29 is 14.7 Å². The zero-order valence-electron chi connectivity index (χ0n) is 20.4. The van der Waals surface area contributed by atoms with Crippen LogP contribution in [-0.4, -0.2) is 28.5 Å². The first-order valence-corrected chi connectivity index (χ1v) is 12.8. The molecule has 0 radical (unpaired) electrons. The summed E-state index contributed by atoms with van der Waals surface area (Å²) in [7, 11) is 0. The molecule has 36 heavy (non-hydrogen) atoms. The van der Waals surface area contributed by atoms with Gasteiger partial charge in [0.05, 0.1) is 16.8 Å². The molecule has 0 saturated heterocycles. The van der Waals surface area contributed by atoms with Crippen LogP contribution in [0.2, 0.25) is 0 Å². The summed E-state index contributed by atoms with van der Waals surface area (Å²) in [5.41, 5.74) is 4.56. The highest BCUT2D eigenvalue weighted by molar-refractivity contribution is 9.10. The number of aromatic nitrogens is 1. The van der Waals surface area contributed by atoms with E-state index in [9.17, 15) is 9.59 Å². The van der Waals surface area contributed by atoms with Gasteiger partial charge in [0, 0.05) is 33.8 Å². The van der Waals surface area contributed by atoms with E-state index in [1.165, 1.54) is 0 Å². The van der Waals surface area contributed by atoms with Crippen molar-refractivity contribution in [1.29, 1.82) is 0 Å². The Balaban J connectivity index is 1.71. The number of fused-ring (bicyclic) bond motifs is 1. The highest BCUT2D eigenvalue weighted by Gasteiger charge is 2.28. The minimum Gasteiger partial charge on any atom is -0.481 e. The summed E-state index contributed by atoms with van der Waals surface area (Å²) < 4.78 is 0.875. The predicted octanol–water partition coefficient (Wildman–Crippen LogP) is 6.92. The summed E-state index contributed by atoms with van der Waals surface area (Å²) in [6, 6.07) is 25.6. The van der Waals surface area contributed by atoms with E-state index in [2.05, 4.69) is 28.2 Å². The molecule has 2 N–H and O–H groups in total. The van der Waals surface area contributed by atoms with Crippen molar-refractivity contribution in [2.45, 2.75) is 38.5 Å². The minimum absolute atomic E-state index is 0.0962. The maximum absolute atomic E-state index is 13.8. The van der Waals surface area contributed by atoms with Gasteiger partial charge in [0.15, 0.2) is 0 Å². The summed E-state index contributed by atoms with van der Waals surface area (Å²) in [5.74, 6) is -0.983. The predicted molar refractivity (Wildman–Crippen MR) is 147 cm³/mol. The van der Waals surface area contributed by atoms with Crippen molar-refractivity contribution in [3.63, 3.8) is 0 Å². The maximum atomic E-state index is 13.8. The number of hydrogen-bond donors (Lipinski definition) is 2. The Kier molecular flexibility index (Phi) is 7.85. The third-order valence-corrected chi connectivity index (χ3v) is 7.19. The zero-order valence-corrected chi connectivity index (χ0v) is 22.0. The van der Waals surface area contributed by atoms with Crippen molar-refractivity contribution in [3.8, 4) is 11.3 Å². The number of aliphatic carboxylic acids is 1. The molecule has 0 saturated carbocycles. The van der Waals surface area contributed by atoms with E-state index >= 15 is 0 Å². The Hall–Kier alpha value is -3.51. The Bertz CT molecular complexity index is 1390. The van der Waals surface area contributed by atoms with Gasteiger partial charge in [0.2, 0.25) is 0 Å². The Labute approximate surface area is 219 Å². The number of carbonyl (C=O) groups is 2. The van der Waals surface area contributed by atoms with Crippen LogP contribution in [0.1, 0.15) is 47.7 Å². The second-order valence-corrected chi connectivity index (χ2v) is 10.3. The summed E-state index contributed by atoms with van der Waals surface area (Å²) in [4.78, 5) is 29.8. The molecular weight excluding hydrogens is 516 g/mol. The minimum atomic E-state index is -0.813. The van der Waals surface area contributed by atoms with E-state index in [4.69, 9.17) is 10.1 Å². The zero-order chi connectivity index (χ0) is 25.7. The van der Waals surface area contributed by atoms with Crippen LogP contribution < -0.4 is 5.32 Å². The monoisotopic (exact) mass is 544 g/mol. The molecule has 1 aromatic heterocycles. The molecule has 0 aliphatic carbocycles. The quantitative estimate of drug-likeness (QED) is 0.240. The van der Waals surface area contributed by atoms with Crippen molar-refractivity contribution in [2.24, 2.45) is 0 Å². The number of benzene rings is 3. The smallest absolute Gasteiger partial charge is 0.303 e. The molecule has 5 nitrogen and oxygen atoms in total. The summed E-state index contributed by atoms with van der Waals surface area (Å²) in [5, 5.41) is 13.1. The van der Waals surface area contributed by atoms with Crippen molar-refractivity contribution in [1.82, 2.24) is 10.3 Å². The molecule has 1 amide bonds. The highest BCUT2D eigenvalue weighted by atomic mass is 79.9. The van der Waals surface area contributed by atoms with Crippen molar-refractivity contribution >= 4 is 38.7 Å². The molecule has 4 aromatic rings. The largest absolute Gasteiger partial charge is 0.481 e. The lowest BCUT2D eigenvalue weighted by molar-refractivity contribution is -0.137. The van der Waals surface area contributed by atoms with Crippen LogP contribution in [-0.2, 0) is 10.2 Å². The number of halogens is 1. The summed E-state index contributed by atoms with van der Waals surface area (Å²) in [6.45, 7) is 4.40. The molecule has 184 valence electrons. The SMILES string of the molecule is Cc1c(-c2ccccc2)nc2ccc(Br)cc2c1C(=O)NCC(C)(CCCC(=O)O)c1ccccc1. The molecule has 0 aliphatic heterocycles. The lowest BCUT2D eigenvalue weighted by Gasteiger charge is -2.31. The van der Waals surface area contributed by atoms with E-state index in [1.807, 2.05) is 85.8 Å². The van der Waals surface area contributed by atoms with Gasteiger partial charge in [0.25, 0.3) is 5.91 Å². The van der Waals surface area contributed by atoms with Gasteiger partial charge in [-0.2, -0.15) is 0 Å². The van der Waals surface area contributed by atoms with Gasteiger partial charge in [0.1, 0.15) is 0 Å². The number of rotatable bonds is 9. The van der Waals surface area contributed by atoms with Gasteiger partial charge in [-0.15, -0.1) is 0 Å². The van der Waals surface area contributed by atoms with Gasteiger partial charge in [-0.3, -0.25) is 9.59 Å². The summed E-state index contributed by atoms with van der Waals surface area (Å²) in [6.07, 6.45) is 1.26. The van der Waals surface area contributed by atoms with Crippen LogP contribution >= 0.6 is 15.9 Å². The average molecular weight is 545 g/mol. The third-order valence-electron chi connectivity index (χ3n) is 6.69. The van der Waals surface area contributed by atoms with Crippen molar-refractivity contribution in [3.05, 3.63) is 100 Å². The van der Waals surface area contributed by atoms with Crippen LogP contribution in [0.15, 0.2) is 83.3 Å². The van der Waals surface area contributed by atoms with E-state index in [1.54, 1.807) is 0 Å². The summed E-state index contributed by atoms with van der Waals surface area (Å²) >= 11 is 3.54.